The van der Waals surface area contributed by atoms with Gasteiger partial charge in [0.1, 0.15) is 5.82 Å². The molecule has 0 aliphatic carbocycles. The predicted octanol–water partition coefficient (Wildman–Crippen LogP) is 2.28. The van der Waals surface area contributed by atoms with E-state index in [9.17, 15) is 4.39 Å². The summed E-state index contributed by atoms with van der Waals surface area (Å²) in [7, 11) is 1.81. The molecule has 0 saturated heterocycles. The smallest absolute Gasteiger partial charge is 0.127 e. The van der Waals surface area contributed by atoms with Gasteiger partial charge in [-0.2, -0.15) is 0 Å². The molecule has 1 N–H and O–H groups in total. The summed E-state index contributed by atoms with van der Waals surface area (Å²) in [5.41, 5.74) is 1.82. The lowest BCUT2D eigenvalue weighted by Gasteiger charge is -2.02. The Kier molecular flexibility index (Phi) is 4.86. The molecule has 0 atom stereocenters. The van der Waals surface area contributed by atoms with Gasteiger partial charge < -0.3 is 5.32 Å². The molecule has 1 rings (SSSR count). The monoisotopic (exact) mass is 189 g/mol. The first-order valence-corrected chi connectivity index (χ1v) is 3.63. The van der Waals surface area contributed by atoms with Crippen LogP contribution in [0.4, 0.5) is 4.39 Å². The fourth-order valence-electron chi connectivity index (χ4n) is 1.03. The topological polar surface area (TPSA) is 12.0 Å². The number of nitrogens with one attached hydrogen (secondary N) is 1. The zero-order valence-corrected chi connectivity index (χ0v) is 8.04. The Labute approximate surface area is 78.4 Å². The van der Waals surface area contributed by atoms with Crippen LogP contribution in [-0.4, -0.2) is 7.05 Å². The fraction of sp³-hybridized carbons (Fsp3) is 0.333. The standard InChI is InChI=1S/C9H12FN.ClH/c1-7-3-4-9(10)8(5-7)6-11-2;/h3-5,11H,6H2,1-2H3;1H. The van der Waals surface area contributed by atoms with Crippen LogP contribution in [0.15, 0.2) is 18.2 Å². The minimum absolute atomic E-state index is 0. The average Bonchev–Trinajstić information content (AvgIpc) is 1.98. The van der Waals surface area contributed by atoms with Crippen molar-refractivity contribution in [3.8, 4) is 0 Å². The van der Waals surface area contributed by atoms with Crippen LogP contribution in [0.5, 0.6) is 0 Å². The molecule has 0 spiro atoms. The third-order valence-corrected chi connectivity index (χ3v) is 1.57. The molecule has 0 amide bonds. The third-order valence-electron chi connectivity index (χ3n) is 1.57. The SMILES string of the molecule is CNCc1cc(C)ccc1F.Cl. The van der Waals surface area contributed by atoms with Gasteiger partial charge in [-0.3, -0.25) is 0 Å². The zero-order chi connectivity index (χ0) is 8.27. The highest BCUT2D eigenvalue weighted by atomic mass is 35.5. The van der Waals surface area contributed by atoms with Crippen LogP contribution in [0, 0.1) is 12.7 Å². The van der Waals surface area contributed by atoms with Crippen LogP contribution in [0.25, 0.3) is 0 Å². The van der Waals surface area contributed by atoms with Gasteiger partial charge in [-0.15, -0.1) is 12.4 Å². The normalized spacial score (nSPS) is 9.25. The van der Waals surface area contributed by atoms with E-state index in [0.29, 0.717) is 6.54 Å². The van der Waals surface area contributed by atoms with Crippen LogP contribution in [0.1, 0.15) is 11.1 Å². The molecule has 0 radical (unpaired) electrons. The summed E-state index contributed by atoms with van der Waals surface area (Å²) in [6, 6.07) is 5.13. The molecule has 3 heteroatoms. The minimum Gasteiger partial charge on any atom is -0.316 e. The second kappa shape index (κ2) is 5.12. The fourth-order valence-corrected chi connectivity index (χ4v) is 1.03. The highest BCUT2D eigenvalue weighted by Gasteiger charge is 1.99. The van der Waals surface area contributed by atoms with Crippen LogP contribution < -0.4 is 5.32 Å². The van der Waals surface area contributed by atoms with Crippen molar-refractivity contribution in [2.45, 2.75) is 13.5 Å². The van der Waals surface area contributed by atoms with E-state index in [2.05, 4.69) is 5.32 Å². The maximum Gasteiger partial charge on any atom is 0.127 e. The summed E-state index contributed by atoms with van der Waals surface area (Å²) >= 11 is 0. The van der Waals surface area contributed by atoms with Gasteiger partial charge in [-0.05, 0) is 20.0 Å². The maximum absolute atomic E-state index is 12.9. The predicted molar refractivity (Wildman–Crippen MR) is 51.1 cm³/mol. The second-order valence-electron chi connectivity index (χ2n) is 2.63. The second-order valence-corrected chi connectivity index (χ2v) is 2.63. The number of aryl methyl sites for hydroxylation is 1. The van der Waals surface area contributed by atoms with Gasteiger partial charge in [-0.1, -0.05) is 17.7 Å². The Balaban J connectivity index is 0.00000121. The summed E-state index contributed by atoms with van der Waals surface area (Å²) in [6.45, 7) is 2.55. The molecule has 1 nitrogen and oxygen atoms in total. The van der Waals surface area contributed by atoms with E-state index in [1.807, 2.05) is 20.0 Å². The molecule has 1 aromatic carbocycles. The molecule has 0 aliphatic heterocycles. The summed E-state index contributed by atoms with van der Waals surface area (Å²) in [4.78, 5) is 0. The largest absolute Gasteiger partial charge is 0.316 e. The number of rotatable bonds is 2. The van der Waals surface area contributed by atoms with E-state index in [0.717, 1.165) is 11.1 Å². The lowest BCUT2D eigenvalue weighted by Crippen LogP contribution is -2.06. The van der Waals surface area contributed by atoms with Gasteiger partial charge in [0.05, 0.1) is 0 Å². The van der Waals surface area contributed by atoms with Crippen molar-refractivity contribution >= 4 is 12.4 Å². The van der Waals surface area contributed by atoms with E-state index < -0.39 is 0 Å². The molecule has 0 unspecified atom stereocenters. The first-order valence-electron chi connectivity index (χ1n) is 3.63. The lowest BCUT2D eigenvalue weighted by atomic mass is 10.1. The molecule has 0 fully saturated rings. The van der Waals surface area contributed by atoms with Crippen molar-refractivity contribution in [1.82, 2.24) is 5.32 Å². The Hall–Kier alpha value is -0.600. The summed E-state index contributed by atoms with van der Waals surface area (Å²) in [6.07, 6.45) is 0. The first-order chi connectivity index (χ1) is 5.24. The van der Waals surface area contributed by atoms with Gasteiger partial charge in [0.15, 0.2) is 0 Å². The number of halogens is 2. The van der Waals surface area contributed by atoms with Crippen molar-refractivity contribution in [3.63, 3.8) is 0 Å². The molecule has 0 saturated carbocycles. The van der Waals surface area contributed by atoms with Crippen LogP contribution in [0.3, 0.4) is 0 Å². The number of benzene rings is 1. The Morgan fingerprint density at radius 1 is 1.42 bits per heavy atom. The van der Waals surface area contributed by atoms with Gasteiger partial charge in [0.25, 0.3) is 0 Å². The van der Waals surface area contributed by atoms with Crippen molar-refractivity contribution in [2.24, 2.45) is 0 Å². The first kappa shape index (κ1) is 11.4. The Morgan fingerprint density at radius 3 is 2.67 bits per heavy atom. The number of hydrogen-bond acceptors (Lipinski definition) is 1. The van der Waals surface area contributed by atoms with E-state index >= 15 is 0 Å². The van der Waals surface area contributed by atoms with E-state index in [4.69, 9.17) is 0 Å². The Bertz CT molecular complexity index is 250. The summed E-state index contributed by atoms with van der Waals surface area (Å²) < 4.78 is 12.9. The Morgan fingerprint density at radius 2 is 2.08 bits per heavy atom. The molecule has 1 aromatic rings. The molecule has 68 valence electrons. The highest BCUT2D eigenvalue weighted by molar-refractivity contribution is 5.85. The number of hydrogen-bond donors (Lipinski definition) is 1. The van der Waals surface area contributed by atoms with E-state index in [1.54, 1.807) is 6.07 Å². The molecule has 0 bridgehead atoms. The lowest BCUT2D eigenvalue weighted by molar-refractivity contribution is 0.600. The zero-order valence-electron chi connectivity index (χ0n) is 7.23. The van der Waals surface area contributed by atoms with E-state index in [1.165, 1.54) is 6.07 Å². The van der Waals surface area contributed by atoms with Crippen molar-refractivity contribution in [3.05, 3.63) is 35.1 Å². The molecular formula is C9H13ClFN. The van der Waals surface area contributed by atoms with Crippen molar-refractivity contribution in [2.75, 3.05) is 7.05 Å². The average molecular weight is 190 g/mol. The van der Waals surface area contributed by atoms with Gasteiger partial charge >= 0.3 is 0 Å². The minimum atomic E-state index is -0.134. The molecule has 0 heterocycles. The molecule has 0 aliphatic rings. The van der Waals surface area contributed by atoms with Gasteiger partial charge in [0, 0.05) is 12.1 Å². The van der Waals surface area contributed by atoms with Crippen molar-refractivity contribution < 1.29 is 4.39 Å². The van der Waals surface area contributed by atoms with Crippen LogP contribution in [0.2, 0.25) is 0 Å². The molecule has 0 aromatic heterocycles. The van der Waals surface area contributed by atoms with Crippen LogP contribution >= 0.6 is 12.4 Å². The molecule has 12 heavy (non-hydrogen) atoms. The summed E-state index contributed by atoms with van der Waals surface area (Å²) in [5, 5.41) is 2.91. The van der Waals surface area contributed by atoms with Gasteiger partial charge in [0.2, 0.25) is 0 Å². The summed E-state index contributed by atoms with van der Waals surface area (Å²) in [5.74, 6) is -0.134. The van der Waals surface area contributed by atoms with Gasteiger partial charge in [-0.25, -0.2) is 4.39 Å². The maximum atomic E-state index is 12.9. The molecular weight excluding hydrogens is 177 g/mol. The van der Waals surface area contributed by atoms with Crippen LogP contribution in [-0.2, 0) is 6.54 Å². The third kappa shape index (κ3) is 2.80. The van der Waals surface area contributed by atoms with E-state index in [-0.39, 0.29) is 18.2 Å². The van der Waals surface area contributed by atoms with Crippen molar-refractivity contribution in [1.29, 1.82) is 0 Å². The quantitative estimate of drug-likeness (QED) is 0.753. The highest BCUT2D eigenvalue weighted by Crippen LogP contribution is 2.08.